The van der Waals surface area contributed by atoms with E-state index < -0.39 is 5.97 Å². The molecule has 0 radical (unpaired) electrons. The normalized spacial score (nSPS) is 17.2. The van der Waals surface area contributed by atoms with Crippen molar-refractivity contribution in [1.82, 2.24) is 9.88 Å². The summed E-state index contributed by atoms with van der Waals surface area (Å²) in [6, 6.07) is 11.4. The fourth-order valence-corrected chi connectivity index (χ4v) is 4.51. The zero-order valence-electron chi connectivity index (χ0n) is 17.3. The van der Waals surface area contributed by atoms with E-state index in [4.69, 9.17) is 14.1 Å². The summed E-state index contributed by atoms with van der Waals surface area (Å²) in [5, 5.41) is 0.763. The van der Waals surface area contributed by atoms with Gasteiger partial charge in [-0.1, -0.05) is 18.2 Å². The molecular weight excluding hydrogens is 392 g/mol. The number of amides is 1. The maximum Gasteiger partial charge on any atom is 0.339 e. The van der Waals surface area contributed by atoms with E-state index >= 15 is 0 Å². The van der Waals surface area contributed by atoms with Gasteiger partial charge in [-0.2, -0.15) is 0 Å². The minimum absolute atomic E-state index is 0.128. The van der Waals surface area contributed by atoms with Gasteiger partial charge in [0.15, 0.2) is 6.61 Å². The van der Waals surface area contributed by atoms with Crippen LogP contribution in [-0.2, 0) is 16.0 Å². The van der Waals surface area contributed by atoms with Crippen LogP contribution in [0.3, 0.4) is 0 Å². The zero-order chi connectivity index (χ0) is 21.2. The highest BCUT2D eigenvalue weighted by molar-refractivity contribution is 6.07. The SMILES string of the molecule is O=C(OCC(=O)N1CCCC1)c1c2c(nc3ccccc13)/C(=C\c1ccco1)CCC2. The number of carbonyl (C=O) groups is 2. The number of allylic oxidation sites excluding steroid dienone is 1. The fraction of sp³-hybridized carbons (Fsp3) is 0.320. The average Bonchev–Trinajstić information content (AvgIpc) is 3.50. The van der Waals surface area contributed by atoms with Crippen molar-refractivity contribution >= 4 is 34.4 Å². The number of likely N-dealkylation sites (tertiary alicyclic amines) is 1. The van der Waals surface area contributed by atoms with Crippen molar-refractivity contribution in [3.05, 3.63) is 65.2 Å². The molecule has 0 bridgehead atoms. The Bertz CT molecular complexity index is 1160. The number of aromatic nitrogens is 1. The van der Waals surface area contributed by atoms with Crippen molar-refractivity contribution < 1.29 is 18.7 Å². The summed E-state index contributed by atoms with van der Waals surface area (Å²) in [4.78, 5) is 32.2. The van der Waals surface area contributed by atoms with Crippen LogP contribution in [0.25, 0.3) is 22.6 Å². The second-order valence-corrected chi connectivity index (χ2v) is 8.03. The van der Waals surface area contributed by atoms with E-state index in [1.165, 1.54) is 0 Å². The van der Waals surface area contributed by atoms with Gasteiger partial charge in [-0.05, 0) is 67.5 Å². The van der Waals surface area contributed by atoms with Crippen molar-refractivity contribution in [1.29, 1.82) is 0 Å². The van der Waals surface area contributed by atoms with Crippen molar-refractivity contribution in [2.75, 3.05) is 19.7 Å². The second kappa shape index (κ2) is 8.38. The molecule has 31 heavy (non-hydrogen) atoms. The van der Waals surface area contributed by atoms with Gasteiger partial charge in [-0.15, -0.1) is 0 Å². The van der Waals surface area contributed by atoms with E-state index in [0.717, 1.165) is 78.7 Å². The lowest BCUT2D eigenvalue weighted by Gasteiger charge is -2.22. The first-order chi connectivity index (χ1) is 15.2. The maximum atomic E-state index is 13.2. The van der Waals surface area contributed by atoms with E-state index in [1.807, 2.05) is 42.5 Å². The Hall–Kier alpha value is -3.41. The standard InChI is InChI=1S/C25H24N2O4/c28-22(27-12-3-4-13-27)16-31-25(29)23-19-9-1-2-11-21(19)26-24-17(7-5-10-20(23)24)15-18-8-6-14-30-18/h1-2,6,8-9,11,14-15H,3-5,7,10,12-13,16H2/b17-15-. The quantitative estimate of drug-likeness (QED) is 0.586. The van der Waals surface area contributed by atoms with Crippen LogP contribution >= 0.6 is 0 Å². The molecule has 5 rings (SSSR count). The number of rotatable bonds is 4. The molecule has 3 aromatic rings. The van der Waals surface area contributed by atoms with Crippen LogP contribution < -0.4 is 0 Å². The zero-order valence-corrected chi connectivity index (χ0v) is 17.3. The summed E-state index contributed by atoms with van der Waals surface area (Å²) in [6.07, 6.45) is 8.16. The van der Waals surface area contributed by atoms with Crippen LogP contribution in [0.2, 0.25) is 0 Å². The van der Waals surface area contributed by atoms with Crippen LogP contribution in [0.1, 0.15) is 53.1 Å². The monoisotopic (exact) mass is 416 g/mol. The molecule has 1 aliphatic heterocycles. The first-order valence-corrected chi connectivity index (χ1v) is 10.8. The summed E-state index contributed by atoms with van der Waals surface area (Å²) >= 11 is 0. The molecule has 1 fully saturated rings. The van der Waals surface area contributed by atoms with Crippen LogP contribution in [0.15, 0.2) is 47.1 Å². The first-order valence-electron chi connectivity index (χ1n) is 10.8. The number of furan rings is 1. The van der Waals surface area contributed by atoms with Crippen molar-refractivity contribution in [3.63, 3.8) is 0 Å². The molecule has 2 aliphatic rings. The topological polar surface area (TPSA) is 72.6 Å². The molecule has 3 heterocycles. The van der Waals surface area contributed by atoms with Gasteiger partial charge in [0.2, 0.25) is 0 Å². The number of para-hydroxylation sites is 1. The van der Waals surface area contributed by atoms with Crippen LogP contribution in [0, 0.1) is 0 Å². The van der Waals surface area contributed by atoms with E-state index in [9.17, 15) is 9.59 Å². The average molecular weight is 416 g/mol. The van der Waals surface area contributed by atoms with Gasteiger partial charge in [0.25, 0.3) is 5.91 Å². The molecule has 0 atom stereocenters. The van der Waals surface area contributed by atoms with Crippen LogP contribution in [0.5, 0.6) is 0 Å². The van der Waals surface area contributed by atoms with Gasteiger partial charge in [-0.25, -0.2) is 9.78 Å². The number of nitrogens with zero attached hydrogens (tertiary/aromatic N) is 2. The van der Waals surface area contributed by atoms with Gasteiger partial charge in [0.1, 0.15) is 5.76 Å². The number of benzene rings is 1. The van der Waals surface area contributed by atoms with E-state index in [-0.39, 0.29) is 12.5 Å². The Labute approximate surface area is 180 Å². The Balaban J connectivity index is 1.52. The Morgan fingerprint density at radius 2 is 1.90 bits per heavy atom. The van der Waals surface area contributed by atoms with Gasteiger partial charge in [0, 0.05) is 18.5 Å². The summed E-state index contributed by atoms with van der Waals surface area (Å²) in [5.41, 5.74) is 4.02. The van der Waals surface area contributed by atoms with Crippen molar-refractivity contribution in [2.45, 2.75) is 32.1 Å². The lowest BCUT2D eigenvalue weighted by Crippen LogP contribution is -2.32. The number of carbonyl (C=O) groups excluding carboxylic acids is 2. The summed E-state index contributed by atoms with van der Waals surface area (Å²) in [5.74, 6) is 0.177. The fourth-order valence-electron chi connectivity index (χ4n) is 4.51. The molecule has 0 spiro atoms. The van der Waals surface area contributed by atoms with Gasteiger partial charge in [-0.3, -0.25) is 4.79 Å². The predicted molar refractivity (Wildman–Crippen MR) is 117 cm³/mol. The van der Waals surface area contributed by atoms with E-state index in [1.54, 1.807) is 11.2 Å². The number of fused-ring (bicyclic) bond motifs is 2. The highest BCUT2D eigenvalue weighted by atomic mass is 16.5. The number of ether oxygens (including phenoxy) is 1. The number of pyridine rings is 1. The second-order valence-electron chi connectivity index (χ2n) is 8.03. The summed E-state index contributed by atoms with van der Waals surface area (Å²) < 4.78 is 11.0. The molecule has 2 aromatic heterocycles. The summed E-state index contributed by atoms with van der Waals surface area (Å²) in [6.45, 7) is 1.26. The Morgan fingerprint density at radius 3 is 2.71 bits per heavy atom. The molecule has 6 heteroatoms. The van der Waals surface area contributed by atoms with Crippen LogP contribution in [0.4, 0.5) is 0 Å². The molecule has 1 saturated heterocycles. The molecule has 0 N–H and O–H groups in total. The van der Waals surface area contributed by atoms with Crippen LogP contribution in [-0.4, -0.2) is 41.5 Å². The molecule has 1 amide bonds. The van der Waals surface area contributed by atoms with E-state index in [0.29, 0.717) is 5.56 Å². The molecule has 158 valence electrons. The third kappa shape index (κ3) is 3.85. The molecule has 1 aromatic carbocycles. The minimum Gasteiger partial charge on any atom is -0.465 e. The molecule has 0 unspecified atom stereocenters. The van der Waals surface area contributed by atoms with Gasteiger partial charge < -0.3 is 14.1 Å². The number of hydrogen-bond acceptors (Lipinski definition) is 5. The Kier molecular flexibility index (Phi) is 5.28. The third-order valence-corrected chi connectivity index (χ3v) is 6.02. The van der Waals surface area contributed by atoms with Gasteiger partial charge >= 0.3 is 5.97 Å². The highest BCUT2D eigenvalue weighted by Gasteiger charge is 2.27. The smallest absolute Gasteiger partial charge is 0.339 e. The van der Waals surface area contributed by atoms with Crippen molar-refractivity contribution in [2.24, 2.45) is 0 Å². The lowest BCUT2D eigenvalue weighted by molar-refractivity contribution is -0.133. The maximum absolute atomic E-state index is 13.2. The lowest BCUT2D eigenvalue weighted by atomic mass is 9.86. The van der Waals surface area contributed by atoms with Crippen molar-refractivity contribution in [3.8, 4) is 0 Å². The first kappa shape index (κ1) is 19.5. The number of esters is 1. The number of hydrogen-bond donors (Lipinski definition) is 0. The largest absolute Gasteiger partial charge is 0.465 e. The molecule has 1 aliphatic carbocycles. The Morgan fingerprint density at radius 1 is 1.06 bits per heavy atom. The van der Waals surface area contributed by atoms with E-state index in [2.05, 4.69) is 0 Å². The molecule has 6 nitrogen and oxygen atoms in total. The highest BCUT2D eigenvalue weighted by Crippen LogP contribution is 2.36. The predicted octanol–water partition coefficient (Wildman–Crippen LogP) is 4.48. The minimum atomic E-state index is -0.457. The van der Waals surface area contributed by atoms with Gasteiger partial charge in [0.05, 0.1) is 23.0 Å². The summed E-state index contributed by atoms with van der Waals surface area (Å²) in [7, 11) is 0. The molecule has 0 saturated carbocycles. The molecular formula is C25H24N2O4. The third-order valence-electron chi connectivity index (χ3n) is 6.02.